The minimum atomic E-state index is -0.250. The van der Waals surface area contributed by atoms with Crippen LogP contribution in [0.5, 0.6) is 0 Å². The number of halogens is 1. The predicted octanol–water partition coefficient (Wildman–Crippen LogP) is 2.69. The van der Waals surface area contributed by atoms with Gasteiger partial charge in [0, 0.05) is 0 Å². The second-order valence-corrected chi connectivity index (χ2v) is 3.82. The van der Waals surface area contributed by atoms with Crippen LogP contribution in [0.3, 0.4) is 0 Å². The fourth-order valence-corrected chi connectivity index (χ4v) is 1.46. The molecule has 0 atom stereocenters. The Balaban J connectivity index is 2.40. The second-order valence-electron chi connectivity index (χ2n) is 2.09. The molecular weight excluding hydrogens is 128 g/mol. The van der Waals surface area contributed by atoms with Crippen molar-refractivity contribution in [1.82, 2.24) is 0 Å². The normalized spacial score (nSPS) is 28.3. The minimum Gasteiger partial charge on any atom is -0.106 e. The van der Waals surface area contributed by atoms with Gasteiger partial charge in [0.15, 0.2) is 0 Å². The van der Waals surface area contributed by atoms with E-state index in [9.17, 15) is 0 Å². The van der Waals surface area contributed by atoms with Crippen molar-refractivity contribution < 1.29 is 0 Å². The van der Waals surface area contributed by atoms with E-state index in [1.54, 1.807) is 0 Å². The van der Waals surface area contributed by atoms with Crippen LogP contribution in [0.4, 0.5) is 0 Å². The molecular formula is C5H8ClS. The first kappa shape index (κ1) is 5.77. The van der Waals surface area contributed by atoms with Gasteiger partial charge in [0.05, 0.1) is 4.21 Å². The van der Waals surface area contributed by atoms with Crippen molar-refractivity contribution in [3.05, 3.63) is 0 Å². The summed E-state index contributed by atoms with van der Waals surface area (Å²) in [5.41, 5.74) is 0. The van der Waals surface area contributed by atoms with E-state index in [0.29, 0.717) is 0 Å². The van der Waals surface area contributed by atoms with Gasteiger partial charge in [-0.05, 0) is 12.8 Å². The second kappa shape index (κ2) is 1.87. The van der Waals surface area contributed by atoms with Gasteiger partial charge < -0.3 is 0 Å². The Labute approximate surface area is 54.7 Å². The quantitative estimate of drug-likeness (QED) is 0.448. The predicted molar refractivity (Wildman–Crippen MR) is 34.6 cm³/mol. The van der Waals surface area contributed by atoms with Gasteiger partial charge >= 0.3 is 0 Å². The van der Waals surface area contributed by atoms with Gasteiger partial charge in [-0.25, -0.2) is 0 Å². The topological polar surface area (TPSA) is 0 Å². The highest BCUT2D eigenvalue weighted by molar-refractivity contribution is 7.83. The molecule has 0 N–H and O–H groups in total. The van der Waals surface area contributed by atoms with Crippen molar-refractivity contribution in [2.24, 2.45) is 0 Å². The third-order valence-electron chi connectivity index (χ3n) is 1.35. The van der Waals surface area contributed by atoms with E-state index in [2.05, 4.69) is 0 Å². The minimum absolute atomic E-state index is 0.250. The summed E-state index contributed by atoms with van der Waals surface area (Å²) in [7, 11) is 0. The highest BCUT2D eigenvalue weighted by Crippen LogP contribution is 2.38. The van der Waals surface area contributed by atoms with Gasteiger partial charge in [-0.2, -0.15) is 0 Å². The van der Waals surface area contributed by atoms with E-state index >= 15 is 0 Å². The third kappa shape index (κ3) is 1.54. The molecule has 7 heavy (non-hydrogen) atoms. The van der Waals surface area contributed by atoms with Crippen LogP contribution in [0.2, 0.25) is 0 Å². The molecule has 1 aliphatic carbocycles. The zero-order valence-electron chi connectivity index (χ0n) is 4.11. The first-order chi connectivity index (χ1) is 3.21. The van der Waals surface area contributed by atoms with E-state index in [1.807, 2.05) is 0 Å². The van der Waals surface area contributed by atoms with E-state index in [1.165, 1.54) is 12.8 Å². The zero-order valence-corrected chi connectivity index (χ0v) is 5.69. The van der Waals surface area contributed by atoms with Gasteiger partial charge in [-0.15, -0.1) is 11.6 Å². The summed E-state index contributed by atoms with van der Waals surface area (Å²) in [5.74, 6) is 0. The summed E-state index contributed by atoms with van der Waals surface area (Å²) in [6, 6.07) is 0. The largest absolute Gasteiger partial charge is 0.106 e. The van der Waals surface area contributed by atoms with Gasteiger partial charge in [0.1, 0.15) is 0 Å². The van der Waals surface area contributed by atoms with E-state index in [-0.39, 0.29) is 4.21 Å². The Morgan fingerprint density at radius 3 is 1.86 bits per heavy atom. The van der Waals surface area contributed by atoms with Crippen LogP contribution >= 0.6 is 24.2 Å². The molecule has 0 spiro atoms. The van der Waals surface area contributed by atoms with Crippen LogP contribution in [0.15, 0.2) is 0 Å². The molecule has 1 radical (unpaired) electrons. The Morgan fingerprint density at radius 1 is 1.29 bits per heavy atom. The van der Waals surface area contributed by atoms with Crippen LogP contribution in [-0.4, -0.2) is 4.21 Å². The van der Waals surface area contributed by atoms with E-state index in [4.69, 9.17) is 24.2 Å². The summed E-state index contributed by atoms with van der Waals surface area (Å²) in [6.45, 7) is 0. The van der Waals surface area contributed by atoms with Crippen LogP contribution in [-0.2, 0) is 0 Å². The molecule has 0 amide bonds. The number of hydrogen-bond donors (Lipinski definition) is 0. The summed E-state index contributed by atoms with van der Waals surface area (Å²) < 4.78 is -0.250. The third-order valence-corrected chi connectivity index (χ3v) is 2.14. The Hall–Kier alpha value is 0.640. The molecule has 1 rings (SSSR count). The monoisotopic (exact) mass is 135 g/mol. The maximum Gasteiger partial charge on any atom is 0.0999 e. The molecule has 41 valence electrons. The molecule has 1 aliphatic rings. The van der Waals surface area contributed by atoms with Crippen molar-refractivity contribution in [2.45, 2.75) is 29.9 Å². The lowest BCUT2D eigenvalue weighted by Gasteiger charge is -2.07. The molecule has 0 aromatic heterocycles. The standard InChI is InChI=1S/C5H8ClS/c6-5(7)3-1-2-4-5/h1-4H2. The molecule has 1 saturated carbocycles. The van der Waals surface area contributed by atoms with Crippen molar-refractivity contribution >= 4 is 24.2 Å². The molecule has 1 fully saturated rings. The Morgan fingerprint density at radius 2 is 1.71 bits per heavy atom. The highest BCUT2D eigenvalue weighted by Gasteiger charge is 2.27. The lowest BCUT2D eigenvalue weighted by molar-refractivity contribution is 0.837. The maximum absolute atomic E-state index is 5.78. The molecule has 0 aromatic rings. The van der Waals surface area contributed by atoms with Crippen LogP contribution in [0.25, 0.3) is 0 Å². The van der Waals surface area contributed by atoms with Gasteiger partial charge in [-0.1, -0.05) is 25.5 Å². The average molecular weight is 136 g/mol. The summed E-state index contributed by atoms with van der Waals surface area (Å²) in [4.78, 5) is 0. The first-order valence-electron chi connectivity index (χ1n) is 2.60. The van der Waals surface area contributed by atoms with Gasteiger partial charge in [0.2, 0.25) is 0 Å². The van der Waals surface area contributed by atoms with Crippen LogP contribution in [0, 0.1) is 0 Å². The Kier molecular flexibility index (Phi) is 1.54. The number of alkyl halides is 1. The lowest BCUT2D eigenvalue weighted by atomic mass is 10.4. The van der Waals surface area contributed by atoms with Crippen molar-refractivity contribution in [1.29, 1.82) is 0 Å². The number of hydrogen-bond acceptors (Lipinski definition) is 0. The van der Waals surface area contributed by atoms with Gasteiger partial charge in [-0.3, -0.25) is 0 Å². The molecule has 0 nitrogen and oxygen atoms in total. The van der Waals surface area contributed by atoms with Crippen LogP contribution < -0.4 is 0 Å². The van der Waals surface area contributed by atoms with E-state index < -0.39 is 0 Å². The van der Waals surface area contributed by atoms with Crippen molar-refractivity contribution in [3.63, 3.8) is 0 Å². The van der Waals surface area contributed by atoms with Crippen LogP contribution in [0.1, 0.15) is 25.7 Å². The van der Waals surface area contributed by atoms with E-state index in [0.717, 1.165) is 12.8 Å². The molecule has 0 bridgehead atoms. The average Bonchev–Trinajstić information content (AvgIpc) is 1.84. The lowest BCUT2D eigenvalue weighted by Crippen LogP contribution is -2.02. The molecule has 0 aromatic carbocycles. The van der Waals surface area contributed by atoms with Gasteiger partial charge in [0.25, 0.3) is 0 Å². The maximum atomic E-state index is 5.78. The van der Waals surface area contributed by atoms with Crippen molar-refractivity contribution in [2.75, 3.05) is 0 Å². The van der Waals surface area contributed by atoms with Crippen molar-refractivity contribution in [3.8, 4) is 0 Å². The molecule has 0 aliphatic heterocycles. The zero-order chi connectivity index (χ0) is 5.33. The fourth-order valence-electron chi connectivity index (χ4n) is 0.903. The summed E-state index contributed by atoms with van der Waals surface area (Å²) in [5, 5.41) is 0. The number of rotatable bonds is 0. The molecule has 0 saturated heterocycles. The smallest absolute Gasteiger partial charge is 0.0999 e. The molecule has 0 unspecified atom stereocenters. The first-order valence-corrected chi connectivity index (χ1v) is 3.39. The molecule has 2 heteroatoms. The Bertz CT molecular complexity index is 62.5. The summed E-state index contributed by atoms with van der Waals surface area (Å²) in [6.07, 6.45) is 4.52. The highest BCUT2D eigenvalue weighted by atomic mass is 35.5. The SMILES string of the molecule is [S]C1(Cl)CCCC1. The molecule has 0 heterocycles. The fraction of sp³-hybridized carbons (Fsp3) is 1.00. The summed E-state index contributed by atoms with van der Waals surface area (Å²) >= 11 is 10.8.